The maximum atomic E-state index is 13.3. The minimum Gasteiger partial charge on any atom is -0.379 e. The summed E-state index contributed by atoms with van der Waals surface area (Å²) in [4.78, 5) is 24.2. The zero-order chi connectivity index (χ0) is 23.5. The van der Waals surface area contributed by atoms with Crippen molar-refractivity contribution in [3.05, 3.63) is 54.4 Å². The predicted molar refractivity (Wildman–Crippen MR) is 130 cm³/mol. The Balaban J connectivity index is 1.49. The lowest BCUT2D eigenvalue weighted by Gasteiger charge is -2.31. The van der Waals surface area contributed by atoms with E-state index in [4.69, 9.17) is 4.74 Å². The molecule has 0 spiro atoms. The molecule has 2 aliphatic rings. The van der Waals surface area contributed by atoms with Crippen molar-refractivity contribution in [2.45, 2.75) is 24.2 Å². The number of nitrogens with zero attached hydrogens (tertiary/aromatic N) is 4. The van der Waals surface area contributed by atoms with E-state index in [0.717, 1.165) is 38.0 Å². The van der Waals surface area contributed by atoms with Gasteiger partial charge in [-0.15, -0.1) is 0 Å². The van der Waals surface area contributed by atoms with Gasteiger partial charge in [0.15, 0.2) is 0 Å². The number of carbonyl (C=O) groups is 1. The summed E-state index contributed by atoms with van der Waals surface area (Å²) in [5, 5.41) is 2.91. The molecule has 10 heteroatoms. The highest BCUT2D eigenvalue weighted by Crippen LogP contribution is 2.32. The van der Waals surface area contributed by atoms with E-state index in [1.165, 1.54) is 10.5 Å². The first kappa shape index (κ1) is 22.7. The van der Waals surface area contributed by atoms with Crippen molar-refractivity contribution in [3.63, 3.8) is 0 Å². The molecule has 34 heavy (non-hydrogen) atoms. The highest BCUT2D eigenvalue weighted by Gasteiger charge is 2.28. The molecule has 178 valence electrons. The number of morpholine rings is 1. The van der Waals surface area contributed by atoms with Crippen LogP contribution in [0.15, 0.2) is 53.6 Å². The first-order chi connectivity index (χ1) is 16.5. The van der Waals surface area contributed by atoms with Crippen molar-refractivity contribution >= 4 is 38.3 Å². The van der Waals surface area contributed by atoms with E-state index >= 15 is 0 Å². The SMILES string of the molecule is O=C(Nc1cc(S(=O)(=O)N2CCOCC2)ccc1N1CCCCC1)c1cnc2ccccc2n1. The zero-order valence-electron chi connectivity index (χ0n) is 18.8. The molecule has 2 saturated heterocycles. The molecule has 0 bridgehead atoms. The molecule has 9 nitrogen and oxygen atoms in total. The average molecular weight is 482 g/mol. The summed E-state index contributed by atoms with van der Waals surface area (Å²) in [5.74, 6) is -0.433. The van der Waals surface area contributed by atoms with Gasteiger partial charge in [0, 0.05) is 26.2 Å². The number of sulfonamides is 1. The summed E-state index contributed by atoms with van der Waals surface area (Å²) < 4.78 is 33.2. The number of hydrogen-bond acceptors (Lipinski definition) is 7. The number of aromatic nitrogens is 2. The van der Waals surface area contributed by atoms with Crippen LogP contribution in [-0.2, 0) is 14.8 Å². The van der Waals surface area contributed by atoms with Gasteiger partial charge in [0.05, 0.1) is 46.7 Å². The normalized spacial score (nSPS) is 17.6. The number of piperidine rings is 1. The van der Waals surface area contributed by atoms with Crippen LogP contribution in [0.3, 0.4) is 0 Å². The second-order valence-corrected chi connectivity index (χ2v) is 10.4. The van der Waals surface area contributed by atoms with E-state index in [-0.39, 0.29) is 10.6 Å². The van der Waals surface area contributed by atoms with Crippen LogP contribution in [-0.4, -0.2) is 68.0 Å². The molecule has 5 rings (SSSR count). The number of amides is 1. The molecule has 0 aliphatic carbocycles. The number of anilines is 2. The molecular formula is C24H27N5O4S. The lowest BCUT2D eigenvalue weighted by Crippen LogP contribution is -2.40. The van der Waals surface area contributed by atoms with E-state index in [0.29, 0.717) is 43.0 Å². The fourth-order valence-electron chi connectivity index (χ4n) is 4.38. The van der Waals surface area contributed by atoms with Gasteiger partial charge >= 0.3 is 0 Å². The van der Waals surface area contributed by atoms with Gasteiger partial charge in [-0.3, -0.25) is 9.78 Å². The lowest BCUT2D eigenvalue weighted by molar-refractivity contribution is 0.0730. The van der Waals surface area contributed by atoms with Crippen LogP contribution in [0.4, 0.5) is 11.4 Å². The lowest BCUT2D eigenvalue weighted by atomic mass is 10.1. The number of carbonyl (C=O) groups excluding carboxylic acids is 1. The molecule has 3 heterocycles. The summed E-state index contributed by atoms with van der Waals surface area (Å²) in [5.41, 5.74) is 2.75. The third kappa shape index (κ3) is 4.61. The van der Waals surface area contributed by atoms with Crippen LogP contribution in [0, 0.1) is 0 Å². The molecule has 2 fully saturated rings. The van der Waals surface area contributed by atoms with Gasteiger partial charge in [-0.2, -0.15) is 4.31 Å². The number of nitrogens with one attached hydrogen (secondary N) is 1. The van der Waals surface area contributed by atoms with E-state index in [1.54, 1.807) is 24.3 Å². The molecule has 1 aromatic heterocycles. The molecule has 0 saturated carbocycles. The first-order valence-corrected chi connectivity index (χ1v) is 13.0. The molecule has 3 aromatic rings. The second-order valence-electron chi connectivity index (χ2n) is 8.44. The zero-order valence-corrected chi connectivity index (χ0v) is 19.6. The third-order valence-electron chi connectivity index (χ3n) is 6.20. The summed E-state index contributed by atoms with van der Waals surface area (Å²) in [6, 6.07) is 12.3. The highest BCUT2D eigenvalue weighted by molar-refractivity contribution is 7.89. The Bertz CT molecular complexity index is 1300. The van der Waals surface area contributed by atoms with Gasteiger partial charge in [-0.1, -0.05) is 12.1 Å². The average Bonchev–Trinajstić information content (AvgIpc) is 2.89. The summed E-state index contributed by atoms with van der Waals surface area (Å²) in [6.45, 7) is 3.07. The van der Waals surface area contributed by atoms with E-state index in [9.17, 15) is 13.2 Å². The van der Waals surface area contributed by atoms with Crippen LogP contribution >= 0.6 is 0 Å². The number of benzene rings is 2. The fourth-order valence-corrected chi connectivity index (χ4v) is 5.81. The fraction of sp³-hybridized carbons (Fsp3) is 0.375. The Morgan fingerprint density at radius 3 is 2.44 bits per heavy atom. The molecule has 1 N–H and O–H groups in total. The van der Waals surface area contributed by atoms with Crippen molar-refractivity contribution in [3.8, 4) is 0 Å². The van der Waals surface area contributed by atoms with Crippen LogP contribution in [0.5, 0.6) is 0 Å². The van der Waals surface area contributed by atoms with Crippen LogP contribution < -0.4 is 10.2 Å². The standard InChI is InChI=1S/C24H27N5O4S/c30-24(22-17-25-19-6-2-3-7-20(19)26-22)27-21-16-18(34(31,32)29-12-14-33-15-13-29)8-9-23(21)28-10-4-1-5-11-28/h2-3,6-9,16-17H,1,4-5,10-15H2,(H,27,30). The number of hydrogen-bond donors (Lipinski definition) is 1. The number of ether oxygens (including phenoxy) is 1. The van der Waals surface area contributed by atoms with Crippen molar-refractivity contribution in [1.82, 2.24) is 14.3 Å². The quantitative estimate of drug-likeness (QED) is 0.597. The predicted octanol–water partition coefficient (Wildman–Crippen LogP) is 2.89. The third-order valence-corrected chi connectivity index (χ3v) is 8.10. The van der Waals surface area contributed by atoms with Gasteiger partial charge in [-0.25, -0.2) is 13.4 Å². The maximum absolute atomic E-state index is 13.3. The van der Waals surface area contributed by atoms with E-state index in [1.807, 2.05) is 18.2 Å². The Labute approximate surface area is 198 Å². The van der Waals surface area contributed by atoms with Gasteiger partial charge in [0.25, 0.3) is 5.91 Å². The van der Waals surface area contributed by atoms with Crippen molar-refractivity contribution in [1.29, 1.82) is 0 Å². The molecular weight excluding hydrogens is 454 g/mol. The smallest absolute Gasteiger partial charge is 0.275 e. The molecule has 2 aliphatic heterocycles. The minimum absolute atomic E-state index is 0.148. The van der Waals surface area contributed by atoms with Crippen molar-refractivity contribution in [2.75, 3.05) is 49.6 Å². The molecule has 1 amide bonds. The molecule has 0 unspecified atom stereocenters. The number of para-hydroxylation sites is 2. The Kier molecular flexibility index (Phi) is 6.44. The number of fused-ring (bicyclic) bond motifs is 1. The van der Waals surface area contributed by atoms with E-state index < -0.39 is 15.9 Å². The van der Waals surface area contributed by atoms with Gasteiger partial charge < -0.3 is 15.0 Å². The minimum atomic E-state index is -3.71. The molecule has 2 aromatic carbocycles. The van der Waals surface area contributed by atoms with Crippen molar-refractivity contribution < 1.29 is 17.9 Å². The second kappa shape index (κ2) is 9.65. The monoisotopic (exact) mass is 481 g/mol. The summed E-state index contributed by atoms with van der Waals surface area (Å²) in [7, 11) is -3.71. The maximum Gasteiger partial charge on any atom is 0.275 e. The Morgan fingerprint density at radius 1 is 0.941 bits per heavy atom. The van der Waals surface area contributed by atoms with Crippen LogP contribution in [0.2, 0.25) is 0 Å². The largest absolute Gasteiger partial charge is 0.379 e. The van der Waals surface area contributed by atoms with Gasteiger partial charge in [-0.05, 0) is 49.6 Å². The number of rotatable bonds is 5. The summed E-state index contributed by atoms with van der Waals surface area (Å²) in [6.07, 6.45) is 4.70. The topological polar surface area (TPSA) is 105 Å². The van der Waals surface area contributed by atoms with Gasteiger partial charge in [0.1, 0.15) is 5.69 Å². The summed E-state index contributed by atoms with van der Waals surface area (Å²) >= 11 is 0. The molecule has 0 radical (unpaired) electrons. The van der Waals surface area contributed by atoms with Gasteiger partial charge in [0.2, 0.25) is 10.0 Å². The highest BCUT2D eigenvalue weighted by atomic mass is 32.2. The van der Waals surface area contributed by atoms with E-state index in [2.05, 4.69) is 20.2 Å². The first-order valence-electron chi connectivity index (χ1n) is 11.5. The van der Waals surface area contributed by atoms with Crippen LogP contribution in [0.25, 0.3) is 11.0 Å². The Morgan fingerprint density at radius 2 is 1.68 bits per heavy atom. The molecule has 0 atom stereocenters. The van der Waals surface area contributed by atoms with Crippen LogP contribution in [0.1, 0.15) is 29.8 Å². The van der Waals surface area contributed by atoms with Crippen molar-refractivity contribution in [2.24, 2.45) is 0 Å². The Hall–Kier alpha value is -3.08.